The van der Waals surface area contributed by atoms with Crippen molar-refractivity contribution in [2.75, 3.05) is 5.75 Å². The molecule has 0 saturated carbocycles. The SMILES string of the molecule is CC(C)C(=O)c1ccc(S(=O)(=O)CC(=O)O)cc1. The Hall–Kier alpha value is -1.69. The second kappa shape index (κ2) is 5.30. The molecule has 1 aromatic carbocycles. The Morgan fingerprint density at radius 1 is 1.17 bits per heavy atom. The number of sulfone groups is 1. The average Bonchev–Trinajstić information content (AvgIpc) is 2.26. The van der Waals surface area contributed by atoms with Crippen LogP contribution in [0.1, 0.15) is 24.2 Å². The lowest BCUT2D eigenvalue weighted by Crippen LogP contribution is -2.15. The molecule has 0 aliphatic rings. The van der Waals surface area contributed by atoms with Gasteiger partial charge in [0.15, 0.2) is 21.4 Å². The van der Waals surface area contributed by atoms with Crippen LogP contribution in [0.15, 0.2) is 29.2 Å². The second-order valence-electron chi connectivity index (χ2n) is 4.20. The fourth-order valence-corrected chi connectivity index (χ4v) is 2.45. The summed E-state index contributed by atoms with van der Waals surface area (Å²) in [6.45, 7) is 3.49. The van der Waals surface area contributed by atoms with Gasteiger partial charge in [0.2, 0.25) is 0 Å². The Kier molecular flexibility index (Phi) is 4.24. The van der Waals surface area contributed by atoms with Gasteiger partial charge in [-0.25, -0.2) is 8.42 Å². The Morgan fingerprint density at radius 3 is 2.06 bits per heavy atom. The number of ketones is 1. The van der Waals surface area contributed by atoms with Crippen LogP contribution in [-0.4, -0.2) is 31.0 Å². The van der Waals surface area contributed by atoms with E-state index in [-0.39, 0.29) is 16.6 Å². The van der Waals surface area contributed by atoms with E-state index in [1.54, 1.807) is 13.8 Å². The lowest BCUT2D eigenvalue weighted by Gasteiger charge is -2.05. The summed E-state index contributed by atoms with van der Waals surface area (Å²) in [7, 11) is -3.83. The number of carboxylic acids is 1. The van der Waals surface area contributed by atoms with Crippen LogP contribution < -0.4 is 0 Å². The molecule has 1 N–H and O–H groups in total. The molecule has 0 radical (unpaired) electrons. The molecule has 0 aliphatic carbocycles. The Labute approximate surface area is 105 Å². The number of carboxylic acid groups (broad SMARTS) is 1. The summed E-state index contributed by atoms with van der Waals surface area (Å²) in [5, 5.41) is 8.49. The van der Waals surface area contributed by atoms with Gasteiger partial charge in [0, 0.05) is 11.5 Å². The minimum atomic E-state index is -3.83. The second-order valence-corrected chi connectivity index (χ2v) is 6.19. The van der Waals surface area contributed by atoms with E-state index in [2.05, 4.69) is 0 Å². The lowest BCUT2D eigenvalue weighted by molar-refractivity contribution is -0.134. The van der Waals surface area contributed by atoms with E-state index in [4.69, 9.17) is 5.11 Å². The first kappa shape index (κ1) is 14.4. The number of hydrogen-bond donors (Lipinski definition) is 1. The number of carbonyl (C=O) groups excluding carboxylic acids is 1. The number of Topliss-reactive ketones (excluding diaryl/α,β-unsaturated/α-hetero) is 1. The molecule has 0 atom stereocenters. The Balaban J connectivity index is 3.03. The standard InChI is InChI=1S/C12H14O5S/c1-8(2)12(15)9-3-5-10(6-4-9)18(16,17)7-11(13)14/h3-6,8H,7H2,1-2H3,(H,13,14). The van der Waals surface area contributed by atoms with Crippen molar-refractivity contribution in [1.29, 1.82) is 0 Å². The van der Waals surface area contributed by atoms with Crippen LogP contribution in [0.3, 0.4) is 0 Å². The van der Waals surface area contributed by atoms with E-state index in [0.29, 0.717) is 5.56 Å². The van der Waals surface area contributed by atoms with E-state index in [9.17, 15) is 18.0 Å². The summed E-state index contributed by atoms with van der Waals surface area (Å²) in [6.07, 6.45) is 0. The van der Waals surface area contributed by atoms with Crippen LogP contribution in [-0.2, 0) is 14.6 Å². The quantitative estimate of drug-likeness (QED) is 0.817. The first-order chi connectivity index (χ1) is 8.24. The van der Waals surface area contributed by atoms with Crippen molar-refractivity contribution in [2.45, 2.75) is 18.7 Å². The van der Waals surface area contributed by atoms with Gasteiger partial charge in [-0.3, -0.25) is 9.59 Å². The molecule has 18 heavy (non-hydrogen) atoms. The van der Waals surface area contributed by atoms with Gasteiger partial charge in [0.1, 0.15) is 0 Å². The summed E-state index contributed by atoms with van der Waals surface area (Å²) in [6, 6.07) is 5.32. The van der Waals surface area contributed by atoms with Crippen molar-refractivity contribution >= 4 is 21.6 Å². The highest BCUT2D eigenvalue weighted by atomic mass is 32.2. The number of aliphatic carboxylic acids is 1. The molecular weight excluding hydrogens is 256 g/mol. The number of carbonyl (C=O) groups is 2. The van der Waals surface area contributed by atoms with Gasteiger partial charge in [-0.2, -0.15) is 0 Å². The summed E-state index contributed by atoms with van der Waals surface area (Å²) in [5.41, 5.74) is 0.416. The molecule has 0 aliphatic heterocycles. The molecule has 0 aromatic heterocycles. The van der Waals surface area contributed by atoms with Gasteiger partial charge in [-0.1, -0.05) is 26.0 Å². The van der Waals surface area contributed by atoms with Crippen LogP contribution in [0.5, 0.6) is 0 Å². The van der Waals surface area contributed by atoms with Gasteiger partial charge in [0.25, 0.3) is 0 Å². The fraction of sp³-hybridized carbons (Fsp3) is 0.333. The third-order valence-corrected chi connectivity index (χ3v) is 3.95. The normalized spacial score (nSPS) is 11.5. The fourth-order valence-electron chi connectivity index (χ4n) is 1.41. The number of hydrogen-bond acceptors (Lipinski definition) is 4. The van der Waals surface area contributed by atoms with Crippen molar-refractivity contribution < 1.29 is 23.1 Å². The van der Waals surface area contributed by atoms with Crippen LogP contribution in [0.25, 0.3) is 0 Å². The van der Waals surface area contributed by atoms with E-state index in [0.717, 1.165) is 0 Å². The molecular formula is C12H14O5S. The predicted molar refractivity (Wildman–Crippen MR) is 65.3 cm³/mol. The first-order valence-corrected chi connectivity index (χ1v) is 6.98. The van der Waals surface area contributed by atoms with Crippen LogP contribution in [0, 0.1) is 5.92 Å². The van der Waals surface area contributed by atoms with E-state index in [1.807, 2.05) is 0 Å². The van der Waals surface area contributed by atoms with Crippen molar-refractivity contribution in [3.63, 3.8) is 0 Å². The zero-order chi connectivity index (χ0) is 13.9. The summed E-state index contributed by atoms with van der Waals surface area (Å²) < 4.78 is 23.2. The topological polar surface area (TPSA) is 88.5 Å². The molecule has 0 bridgehead atoms. The third-order valence-electron chi connectivity index (χ3n) is 2.34. The Morgan fingerprint density at radius 2 is 1.67 bits per heavy atom. The predicted octanol–water partition coefficient (Wildman–Crippen LogP) is 1.38. The van der Waals surface area contributed by atoms with Crippen LogP contribution >= 0.6 is 0 Å². The van der Waals surface area contributed by atoms with E-state index >= 15 is 0 Å². The van der Waals surface area contributed by atoms with Crippen molar-refractivity contribution in [3.8, 4) is 0 Å². The van der Waals surface area contributed by atoms with Gasteiger partial charge >= 0.3 is 5.97 Å². The van der Waals surface area contributed by atoms with Crippen molar-refractivity contribution in [1.82, 2.24) is 0 Å². The average molecular weight is 270 g/mol. The molecule has 0 spiro atoms. The minimum Gasteiger partial charge on any atom is -0.480 e. The first-order valence-electron chi connectivity index (χ1n) is 5.33. The highest BCUT2D eigenvalue weighted by molar-refractivity contribution is 7.92. The maximum absolute atomic E-state index is 11.6. The molecule has 1 rings (SSSR count). The zero-order valence-electron chi connectivity index (χ0n) is 10.1. The molecule has 98 valence electrons. The summed E-state index contributed by atoms with van der Waals surface area (Å²) in [4.78, 5) is 22.0. The molecule has 1 aromatic rings. The number of benzene rings is 1. The molecule has 6 heteroatoms. The molecule has 0 saturated heterocycles. The smallest absolute Gasteiger partial charge is 0.319 e. The number of rotatable bonds is 5. The van der Waals surface area contributed by atoms with Crippen molar-refractivity contribution in [3.05, 3.63) is 29.8 Å². The molecule has 5 nitrogen and oxygen atoms in total. The Bertz CT molecular complexity index is 555. The van der Waals surface area contributed by atoms with E-state index in [1.165, 1.54) is 24.3 Å². The summed E-state index contributed by atoms with van der Waals surface area (Å²) in [5.74, 6) is -2.62. The maximum Gasteiger partial charge on any atom is 0.319 e. The largest absolute Gasteiger partial charge is 0.480 e. The monoisotopic (exact) mass is 270 g/mol. The maximum atomic E-state index is 11.6. The van der Waals surface area contributed by atoms with Crippen LogP contribution in [0.4, 0.5) is 0 Å². The van der Waals surface area contributed by atoms with Gasteiger partial charge in [-0.05, 0) is 12.1 Å². The van der Waals surface area contributed by atoms with E-state index < -0.39 is 21.6 Å². The van der Waals surface area contributed by atoms with Gasteiger partial charge in [-0.15, -0.1) is 0 Å². The molecule has 0 amide bonds. The van der Waals surface area contributed by atoms with Gasteiger partial charge < -0.3 is 5.11 Å². The van der Waals surface area contributed by atoms with Gasteiger partial charge in [0.05, 0.1) is 4.90 Å². The molecule has 0 heterocycles. The molecule has 0 fully saturated rings. The highest BCUT2D eigenvalue weighted by Gasteiger charge is 2.19. The third kappa shape index (κ3) is 3.40. The highest BCUT2D eigenvalue weighted by Crippen LogP contribution is 2.15. The summed E-state index contributed by atoms with van der Waals surface area (Å²) >= 11 is 0. The van der Waals surface area contributed by atoms with Crippen LogP contribution in [0.2, 0.25) is 0 Å². The minimum absolute atomic E-state index is 0.0859. The molecule has 0 unspecified atom stereocenters. The zero-order valence-corrected chi connectivity index (χ0v) is 10.9. The lowest BCUT2D eigenvalue weighted by atomic mass is 10.0. The van der Waals surface area contributed by atoms with Crippen molar-refractivity contribution in [2.24, 2.45) is 5.92 Å².